The molecule has 298 valence electrons. The van der Waals surface area contributed by atoms with E-state index in [4.69, 9.17) is 4.42 Å². The molecule has 1 aromatic heterocycles. The van der Waals surface area contributed by atoms with Gasteiger partial charge < -0.3 is 9.32 Å². The van der Waals surface area contributed by atoms with E-state index < -0.39 is 0 Å². The van der Waals surface area contributed by atoms with Crippen LogP contribution in [-0.4, -0.2) is 0 Å². The highest BCUT2D eigenvalue weighted by Gasteiger charge is 2.36. The standard InChI is InChI=1S/C61H43NO/c1-61(2)57-38-48(47-24-23-41-13-6-7-14-46(41)37-47)29-35-53(57)54-36-34-51(39-58(54)61)62(49-30-25-44(26-31-49)43-21-19-42(20-22-43)40-11-4-3-5-12-40)50-32-27-45(28-33-50)52-16-10-17-56-55-15-8-9-18-59(55)63-60(52)56/h3-39H,1-2H3. The molecule has 0 bridgehead atoms. The highest BCUT2D eigenvalue weighted by Crippen LogP contribution is 2.52. The molecule has 0 unspecified atom stereocenters. The van der Waals surface area contributed by atoms with Crippen molar-refractivity contribution in [2.24, 2.45) is 0 Å². The first-order chi connectivity index (χ1) is 31.0. The summed E-state index contributed by atoms with van der Waals surface area (Å²) in [5.74, 6) is 0. The van der Waals surface area contributed by atoms with Crippen molar-refractivity contribution in [1.82, 2.24) is 0 Å². The summed E-state index contributed by atoms with van der Waals surface area (Å²) in [6.45, 7) is 4.75. The number of fused-ring (bicyclic) bond motifs is 7. The fourth-order valence-electron chi connectivity index (χ4n) is 9.91. The van der Waals surface area contributed by atoms with Gasteiger partial charge >= 0.3 is 0 Å². The van der Waals surface area contributed by atoms with Gasteiger partial charge in [-0.25, -0.2) is 0 Å². The van der Waals surface area contributed by atoms with E-state index in [0.29, 0.717) is 0 Å². The molecule has 12 rings (SSSR count). The molecule has 0 spiro atoms. The number of rotatable bonds is 7. The van der Waals surface area contributed by atoms with Gasteiger partial charge in [0.15, 0.2) is 0 Å². The minimum Gasteiger partial charge on any atom is -0.455 e. The molecule has 11 aromatic rings. The van der Waals surface area contributed by atoms with E-state index in [1.165, 1.54) is 66.4 Å². The predicted octanol–water partition coefficient (Wildman–Crippen LogP) is 17.2. The average molecular weight is 806 g/mol. The molecule has 0 radical (unpaired) electrons. The van der Waals surface area contributed by atoms with Crippen LogP contribution >= 0.6 is 0 Å². The van der Waals surface area contributed by atoms with Crippen LogP contribution in [0.3, 0.4) is 0 Å². The zero-order valence-electron chi connectivity index (χ0n) is 35.2. The molecule has 10 aromatic carbocycles. The number of hydrogen-bond acceptors (Lipinski definition) is 2. The van der Waals surface area contributed by atoms with E-state index in [9.17, 15) is 0 Å². The van der Waals surface area contributed by atoms with Crippen molar-refractivity contribution < 1.29 is 4.42 Å². The largest absolute Gasteiger partial charge is 0.455 e. The van der Waals surface area contributed by atoms with Crippen LogP contribution in [0.15, 0.2) is 229 Å². The van der Waals surface area contributed by atoms with Crippen molar-refractivity contribution >= 4 is 49.8 Å². The Morgan fingerprint density at radius 2 is 0.841 bits per heavy atom. The first-order valence-electron chi connectivity index (χ1n) is 21.8. The lowest BCUT2D eigenvalue weighted by atomic mass is 9.81. The minimum absolute atomic E-state index is 0.204. The van der Waals surface area contributed by atoms with Crippen molar-refractivity contribution in [3.05, 3.63) is 236 Å². The molecule has 0 atom stereocenters. The summed E-state index contributed by atoms with van der Waals surface area (Å²) in [5, 5.41) is 4.79. The Morgan fingerprint density at radius 1 is 0.333 bits per heavy atom. The molecule has 2 heteroatoms. The quantitative estimate of drug-likeness (QED) is 0.160. The average Bonchev–Trinajstić information content (AvgIpc) is 3.83. The Hall–Kier alpha value is -7.94. The van der Waals surface area contributed by atoms with Gasteiger partial charge in [-0.1, -0.05) is 184 Å². The number of nitrogens with zero attached hydrogens (tertiary/aromatic N) is 1. The lowest BCUT2D eigenvalue weighted by Crippen LogP contribution is -2.16. The molecule has 0 saturated carbocycles. The SMILES string of the molecule is CC1(C)c2cc(-c3ccc4ccccc4c3)ccc2-c2ccc(N(c3ccc(-c4ccc(-c5ccccc5)cc4)cc3)c3ccc(-c4cccc5c4oc4ccccc45)cc3)cc21. The van der Waals surface area contributed by atoms with Crippen LogP contribution in [0.4, 0.5) is 17.1 Å². The second-order valence-electron chi connectivity index (χ2n) is 17.3. The normalized spacial score (nSPS) is 12.7. The zero-order chi connectivity index (χ0) is 42.1. The maximum atomic E-state index is 6.46. The van der Waals surface area contributed by atoms with Crippen LogP contribution in [-0.2, 0) is 5.41 Å². The zero-order valence-corrected chi connectivity index (χ0v) is 35.2. The van der Waals surface area contributed by atoms with Gasteiger partial charge in [-0.05, 0) is 127 Å². The number of furan rings is 1. The van der Waals surface area contributed by atoms with Gasteiger partial charge in [-0.2, -0.15) is 0 Å². The molecule has 2 nitrogen and oxygen atoms in total. The van der Waals surface area contributed by atoms with Gasteiger partial charge in [0.05, 0.1) is 0 Å². The van der Waals surface area contributed by atoms with E-state index in [1.54, 1.807) is 0 Å². The Kier molecular flexibility index (Phi) is 8.55. The van der Waals surface area contributed by atoms with E-state index >= 15 is 0 Å². The van der Waals surface area contributed by atoms with Gasteiger partial charge in [0, 0.05) is 38.8 Å². The second-order valence-corrected chi connectivity index (χ2v) is 17.3. The predicted molar refractivity (Wildman–Crippen MR) is 265 cm³/mol. The van der Waals surface area contributed by atoms with Crippen LogP contribution in [0.1, 0.15) is 25.0 Å². The molecule has 1 aliphatic rings. The van der Waals surface area contributed by atoms with Gasteiger partial charge in [0.1, 0.15) is 11.2 Å². The lowest BCUT2D eigenvalue weighted by molar-refractivity contribution is 0.660. The fourth-order valence-corrected chi connectivity index (χ4v) is 9.91. The monoisotopic (exact) mass is 805 g/mol. The Bertz CT molecular complexity index is 3500. The van der Waals surface area contributed by atoms with E-state index in [-0.39, 0.29) is 5.41 Å². The second kappa shape index (κ2) is 14.6. The molecule has 0 amide bonds. The fraction of sp³-hybridized carbons (Fsp3) is 0.0492. The third kappa shape index (κ3) is 6.25. The molecular weight excluding hydrogens is 763 g/mol. The van der Waals surface area contributed by atoms with Crippen LogP contribution in [0.5, 0.6) is 0 Å². The van der Waals surface area contributed by atoms with Crippen molar-refractivity contribution in [3.63, 3.8) is 0 Å². The number of para-hydroxylation sites is 2. The summed E-state index contributed by atoms with van der Waals surface area (Å²) < 4.78 is 6.46. The first kappa shape index (κ1) is 36.9. The third-order valence-electron chi connectivity index (χ3n) is 13.3. The van der Waals surface area contributed by atoms with Crippen molar-refractivity contribution in [3.8, 4) is 55.6 Å². The number of benzene rings is 10. The van der Waals surface area contributed by atoms with E-state index in [1.807, 2.05) is 12.1 Å². The number of hydrogen-bond donors (Lipinski definition) is 0. The molecule has 1 aliphatic carbocycles. The van der Waals surface area contributed by atoms with Gasteiger partial charge in [0.25, 0.3) is 0 Å². The summed E-state index contributed by atoms with van der Waals surface area (Å²) in [7, 11) is 0. The maximum Gasteiger partial charge on any atom is 0.143 e. The van der Waals surface area contributed by atoms with E-state index in [2.05, 4.69) is 231 Å². The molecular formula is C61H43NO. The molecule has 1 heterocycles. The molecule has 63 heavy (non-hydrogen) atoms. The van der Waals surface area contributed by atoms with Crippen molar-refractivity contribution in [1.29, 1.82) is 0 Å². The topological polar surface area (TPSA) is 16.4 Å². The molecule has 0 saturated heterocycles. The summed E-state index contributed by atoms with van der Waals surface area (Å²) in [5.41, 5.74) is 19.7. The Labute approximate surface area is 368 Å². The maximum absolute atomic E-state index is 6.46. The van der Waals surface area contributed by atoms with Crippen LogP contribution in [0.2, 0.25) is 0 Å². The van der Waals surface area contributed by atoms with Gasteiger partial charge in [-0.15, -0.1) is 0 Å². The number of anilines is 3. The van der Waals surface area contributed by atoms with Crippen LogP contribution in [0, 0.1) is 0 Å². The Morgan fingerprint density at radius 3 is 1.57 bits per heavy atom. The van der Waals surface area contributed by atoms with Crippen molar-refractivity contribution in [2.75, 3.05) is 4.90 Å². The third-order valence-corrected chi connectivity index (χ3v) is 13.3. The van der Waals surface area contributed by atoms with Crippen molar-refractivity contribution in [2.45, 2.75) is 19.3 Å². The summed E-state index contributed by atoms with van der Waals surface area (Å²) in [4.78, 5) is 2.40. The highest BCUT2D eigenvalue weighted by molar-refractivity contribution is 6.09. The summed E-state index contributed by atoms with van der Waals surface area (Å²) in [6.07, 6.45) is 0. The first-order valence-corrected chi connectivity index (χ1v) is 21.8. The molecule has 0 N–H and O–H groups in total. The summed E-state index contributed by atoms with van der Waals surface area (Å²) >= 11 is 0. The highest BCUT2D eigenvalue weighted by atomic mass is 16.3. The minimum atomic E-state index is -0.204. The lowest BCUT2D eigenvalue weighted by Gasteiger charge is -2.28. The van der Waals surface area contributed by atoms with Crippen LogP contribution < -0.4 is 4.90 Å². The smallest absolute Gasteiger partial charge is 0.143 e. The summed E-state index contributed by atoms with van der Waals surface area (Å²) in [6, 6.07) is 81.6. The van der Waals surface area contributed by atoms with E-state index in [0.717, 1.165) is 50.1 Å². The van der Waals surface area contributed by atoms with Gasteiger partial charge in [0.2, 0.25) is 0 Å². The Balaban J connectivity index is 0.931. The molecule has 0 fully saturated rings. The van der Waals surface area contributed by atoms with Gasteiger partial charge in [-0.3, -0.25) is 0 Å². The molecule has 0 aliphatic heterocycles. The van der Waals surface area contributed by atoms with Crippen LogP contribution in [0.25, 0.3) is 88.3 Å².